The molecule has 1 N–H and O–H groups in total. The molecule has 6 nitrogen and oxygen atoms in total. The minimum absolute atomic E-state index is 0.144. The SMILES string of the molecule is COc1ccc(NC(=O)N2Cc3c(sc4c3CCCC4)-n3cccc3[C@@H]2c2ccc(C)cc2)cc1OC. The number of thiophene rings is 1. The first kappa shape index (κ1) is 23.7. The van der Waals surface area contributed by atoms with E-state index >= 15 is 0 Å². The van der Waals surface area contributed by atoms with Crippen LogP contribution in [0.1, 0.15) is 51.7 Å². The average molecular weight is 514 g/mol. The lowest BCUT2D eigenvalue weighted by molar-refractivity contribution is 0.194. The number of rotatable bonds is 4. The second kappa shape index (κ2) is 9.63. The number of hydrogen-bond acceptors (Lipinski definition) is 4. The lowest BCUT2D eigenvalue weighted by atomic mass is 9.95. The van der Waals surface area contributed by atoms with Gasteiger partial charge in [0.25, 0.3) is 0 Å². The van der Waals surface area contributed by atoms with Crippen LogP contribution in [0.3, 0.4) is 0 Å². The Bertz CT molecular complexity index is 1450. The van der Waals surface area contributed by atoms with Gasteiger partial charge in [0.15, 0.2) is 11.5 Å². The Labute approximate surface area is 221 Å². The van der Waals surface area contributed by atoms with Gasteiger partial charge in [0.05, 0.1) is 32.5 Å². The van der Waals surface area contributed by atoms with Crippen molar-refractivity contribution in [2.45, 2.75) is 45.2 Å². The lowest BCUT2D eigenvalue weighted by Crippen LogP contribution is -2.38. The zero-order valence-electron chi connectivity index (χ0n) is 21.4. The van der Waals surface area contributed by atoms with Gasteiger partial charge < -0.3 is 24.3 Å². The van der Waals surface area contributed by atoms with Crippen LogP contribution in [0.15, 0.2) is 60.8 Å². The summed E-state index contributed by atoms with van der Waals surface area (Å²) >= 11 is 1.90. The Hall–Kier alpha value is -3.71. The average Bonchev–Trinajstić information content (AvgIpc) is 3.51. The van der Waals surface area contributed by atoms with Gasteiger partial charge in [0.2, 0.25) is 0 Å². The van der Waals surface area contributed by atoms with Gasteiger partial charge in [-0.15, -0.1) is 11.3 Å². The molecule has 1 atom stereocenters. The number of aryl methyl sites for hydroxylation is 2. The number of ether oxygens (including phenoxy) is 2. The number of benzene rings is 2. The summed E-state index contributed by atoms with van der Waals surface area (Å²) in [6.07, 6.45) is 6.79. The molecule has 4 aromatic rings. The van der Waals surface area contributed by atoms with Crippen LogP contribution in [0.25, 0.3) is 5.00 Å². The molecule has 0 saturated heterocycles. The van der Waals surface area contributed by atoms with Crippen molar-refractivity contribution in [3.8, 4) is 16.5 Å². The lowest BCUT2D eigenvalue weighted by Gasteiger charge is -2.31. The first-order valence-corrected chi connectivity index (χ1v) is 13.6. The number of hydrogen-bond donors (Lipinski definition) is 1. The van der Waals surface area contributed by atoms with Crippen molar-refractivity contribution in [2.75, 3.05) is 19.5 Å². The summed E-state index contributed by atoms with van der Waals surface area (Å²) < 4.78 is 13.2. The summed E-state index contributed by atoms with van der Waals surface area (Å²) in [5, 5.41) is 4.40. The Morgan fingerprint density at radius 3 is 2.54 bits per heavy atom. The Morgan fingerprint density at radius 1 is 0.973 bits per heavy atom. The van der Waals surface area contributed by atoms with Gasteiger partial charge in [-0.05, 0) is 68.0 Å². The first-order valence-electron chi connectivity index (χ1n) is 12.7. The number of anilines is 1. The molecule has 0 bridgehead atoms. The van der Waals surface area contributed by atoms with E-state index in [-0.39, 0.29) is 12.1 Å². The number of nitrogens with zero attached hydrogens (tertiary/aromatic N) is 2. The summed E-state index contributed by atoms with van der Waals surface area (Å²) in [7, 11) is 3.20. The van der Waals surface area contributed by atoms with E-state index in [0.717, 1.165) is 24.1 Å². The minimum Gasteiger partial charge on any atom is -0.493 e. The molecule has 0 radical (unpaired) electrons. The highest BCUT2D eigenvalue weighted by molar-refractivity contribution is 7.15. The van der Waals surface area contributed by atoms with Crippen LogP contribution in [0.5, 0.6) is 11.5 Å². The molecular formula is C30H31N3O3S. The molecule has 37 heavy (non-hydrogen) atoms. The number of carbonyl (C=O) groups is 1. The second-order valence-corrected chi connectivity index (χ2v) is 10.8. The molecule has 1 aliphatic heterocycles. The molecule has 2 aromatic heterocycles. The number of carbonyl (C=O) groups excluding carboxylic acids is 1. The Balaban J connectivity index is 1.46. The highest BCUT2D eigenvalue weighted by Gasteiger charge is 2.36. The third-order valence-electron chi connectivity index (χ3n) is 7.47. The van der Waals surface area contributed by atoms with E-state index in [0.29, 0.717) is 23.7 Å². The zero-order valence-corrected chi connectivity index (χ0v) is 22.2. The molecule has 190 valence electrons. The van der Waals surface area contributed by atoms with Crippen molar-refractivity contribution in [1.29, 1.82) is 0 Å². The molecule has 6 rings (SSSR count). The quantitative estimate of drug-likeness (QED) is 0.324. The Morgan fingerprint density at radius 2 is 1.76 bits per heavy atom. The topological polar surface area (TPSA) is 55.7 Å². The summed E-state index contributed by atoms with van der Waals surface area (Å²) in [5.41, 5.74) is 6.79. The fourth-order valence-corrected chi connectivity index (χ4v) is 7.00. The fourth-order valence-electron chi connectivity index (χ4n) is 5.60. The second-order valence-electron chi connectivity index (χ2n) is 9.74. The standard InChI is InChI=1S/C30H31N3O3S/c1-19-10-12-20(13-11-19)28-24-8-6-16-32(24)29-23(22-7-4-5-9-27(22)37-29)18-33(28)30(34)31-21-14-15-25(35-2)26(17-21)36-3/h6,8,10-17,28H,4-5,7,9,18H2,1-3H3,(H,31,34)/t28-/m0/s1. The summed E-state index contributed by atoms with van der Waals surface area (Å²) in [6.45, 7) is 2.64. The number of fused-ring (bicyclic) bond motifs is 5. The van der Waals surface area contributed by atoms with Gasteiger partial charge in [-0.1, -0.05) is 29.8 Å². The largest absolute Gasteiger partial charge is 0.493 e. The normalized spacial score (nSPS) is 16.3. The molecule has 0 spiro atoms. The maximum absolute atomic E-state index is 14.1. The molecule has 2 aliphatic rings. The molecule has 7 heteroatoms. The number of amides is 2. The van der Waals surface area contributed by atoms with Gasteiger partial charge in [-0.3, -0.25) is 0 Å². The molecule has 0 saturated carbocycles. The van der Waals surface area contributed by atoms with E-state index in [2.05, 4.69) is 59.4 Å². The molecule has 3 heterocycles. The van der Waals surface area contributed by atoms with Crippen molar-refractivity contribution in [3.63, 3.8) is 0 Å². The van der Waals surface area contributed by atoms with Crippen molar-refractivity contribution >= 4 is 23.1 Å². The van der Waals surface area contributed by atoms with Gasteiger partial charge in [-0.2, -0.15) is 0 Å². The van der Waals surface area contributed by atoms with Crippen molar-refractivity contribution in [2.24, 2.45) is 0 Å². The summed E-state index contributed by atoms with van der Waals surface area (Å²) in [4.78, 5) is 17.6. The minimum atomic E-state index is -0.227. The van der Waals surface area contributed by atoms with Crippen LogP contribution >= 0.6 is 11.3 Å². The third-order valence-corrected chi connectivity index (χ3v) is 8.80. The number of methoxy groups -OCH3 is 2. The van der Waals surface area contributed by atoms with Crippen LogP contribution in [-0.2, 0) is 19.4 Å². The molecule has 0 unspecified atom stereocenters. The van der Waals surface area contributed by atoms with E-state index in [1.165, 1.54) is 39.4 Å². The summed E-state index contributed by atoms with van der Waals surface area (Å²) in [5.74, 6) is 1.20. The number of urea groups is 1. The van der Waals surface area contributed by atoms with Crippen molar-refractivity contribution < 1.29 is 14.3 Å². The van der Waals surface area contributed by atoms with Crippen LogP contribution in [0, 0.1) is 6.92 Å². The molecule has 0 fully saturated rings. The maximum Gasteiger partial charge on any atom is 0.322 e. The first-order chi connectivity index (χ1) is 18.1. The van der Waals surface area contributed by atoms with Gasteiger partial charge in [0, 0.05) is 28.4 Å². The number of aromatic nitrogens is 1. The monoisotopic (exact) mass is 513 g/mol. The number of nitrogens with one attached hydrogen (secondary N) is 1. The maximum atomic E-state index is 14.1. The van der Waals surface area contributed by atoms with Gasteiger partial charge in [0.1, 0.15) is 5.00 Å². The van der Waals surface area contributed by atoms with E-state index in [1.54, 1.807) is 20.3 Å². The highest BCUT2D eigenvalue weighted by atomic mass is 32.1. The predicted octanol–water partition coefficient (Wildman–Crippen LogP) is 6.88. The van der Waals surface area contributed by atoms with Gasteiger partial charge in [-0.25, -0.2) is 4.79 Å². The zero-order chi connectivity index (χ0) is 25.5. The van der Waals surface area contributed by atoms with Gasteiger partial charge >= 0.3 is 6.03 Å². The van der Waals surface area contributed by atoms with Crippen molar-refractivity contribution in [1.82, 2.24) is 9.47 Å². The highest BCUT2D eigenvalue weighted by Crippen LogP contribution is 2.44. The van der Waals surface area contributed by atoms with Crippen LogP contribution < -0.4 is 14.8 Å². The van der Waals surface area contributed by atoms with E-state index < -0.39 is 0 Å². The molecule has 2 amide bonds. The molecular weight excluding hydrogens is 482 g/mol. The van der Waals surface area contributed by atoms with Crippen molar-refractivity contribution in [3.05, 3.63) is 93.6 Å². The fraction of sp³-hybridized carbons (Fsp3) is 0.300. The third kappa shape index (κ3) is 4.17. The van der Waals surface area contributed by atoms with E-state index in [1.807, 2.05) is 28.4 Å². The van der Waals surface area contributed by atoms with Crippen LogP contribution in [-0.4, -0.2) is 29.7 Å². The van der Waals surface area contributed by atoms with Crippen LogP contribution in [0.2, 0.25) is 0 Å². The van der Waals surface area contributed by atoms with E-state index in [9.17, 15) is 4.79 Å². The molecule has 2 aromatic carbocycles. The summed E-state index contributed by atoms with van der Waals surface area (Å²) in [6, 6.07) is 17.9. The van der Waals surface area contributed by atoms with Crippen LogP contribution in [0.4, 0.5) is 10.5 Å². The smallest absolute Gasteiger partial charge is 0.322 e. The van der Waals surface area contributed by atoms with E-state index in [4.69, 9.17) is 9.47 Å². The molecule has 1 aliphatic carbocycles. The predicted molar refractivity (Wildman–Crippen MR) is 147 cm³/mol. The Kier molecular flexibility index (Phi) is 6.16.